The third-order valence-corrected chi connectivity index (χ3v) is 2.85. The van der Waals surface area contributed by atoms with Crippen LogP contribution in [0.25, 0.3) is 10.9 Å². The molecule has 0 aliphatic carbocycles. The van der Waals surface area contributed by atoms with Crippen molar-refractivity contribution in [2.24, 2.45) is 0 Å². The minimum absolute atomic E-state index is 0.0784. The van der Waals surface area contributed by atoms with Crippen LogP contribution in [0.4, 0.5) is 0 Å². The minimum atomic E-state index is 0.0784. The predicted molar refractivity (Wildman–Crippen MR) is 64.3 cm³/mol. The molecule has 16 heavy (non-hydrogen) atoms. The van der Waals surface area contributed by atoms with Crippen LogP contribution in [0.15, 0.2) is 12.1 Å². The first-order valence-electron chi connectivity index (χ1n) is 5.22. The summed E-state index contributed by atoms with van der Waals surface area (Å²) in [5, 5.41) is 0.937. The average Bonchev–Trinajstić information content (AvgIpc) is 2.51. The molecule has 0 aliphatic heterocycles. The maximum atomic E-state index is 11.6. The zero-order chi connectivity index (χ0) is 11.9. The standard InChI is InChI=1S/C13H15NO2/c1-7-5-11-10(6-12(7)16-4)13(9(3)15)8(2)14-11/h5-6,14H,1-4H3. The molecule has 1 aromatic carbocycles. The first-order chi connectivity index (χ1) is 7.54. The van der Waals surface area contributed by atoms with Crippen LogP contribution in [0.2, 0.25) is 0 Å². The van der Waals surface area contributed by atoms with Gasteiger partial charge in [-0.3, -0.25) is 4.79 Å². The van der Waals surface area contributed by atoms with E-state index in [1.54, 1.807) is 14.0 Å². The van der Waals surface area contributed by atoms with Crippen LogP contribution < -0.4 is 4.74 Å². The van der Waals surface area contributed by atoms with Crippen LogP contribution in [-0.4, -0.2) is 17.9 Å². The molecule has 84 valence electrons. The van der Waals surface area contributed by atoms with Gasteiger partial charge in [-0.1, -0.05) is 0 Å². The highest BCUT2D eigenvalue weighted by molar-refractivity contribution is 6.08. The number of benzene rings is 1. The van der Waals surface area contributed by atoms with E-state index in [2.05, 4.69) is 4.98 Å². The van der Waals surface area contributed by atoms with Crippen molar-refractivity contribution < 1.29 is 9.53 Å². The van der Waals surface area contributed by atoms with Gasteiger partial charge in [0, 0.05) is 22.2 Å². The third kappa shape index (κ3) is 1.48. The van der Waals surface area contributed by atoms with E-state index >= 15 is 0 Å². The molecule has 2 aromatic rings. The quantitative estimate of drug-likeness (QED) is 0.786. The summed E-state index contributed by atoms with van der Waals surface area (Å²) in [6.45, 7) is 5.49. The number of fused-ring (bicyclic) bond motifs is 1. The number of H-pyrrole nitrogens is 1. The van der Waals surface area contributed by atoms with Gasteiger partial charge in [-0.15, -0.1) is 0 Å². The van der Waals surface area contributed by atoms with E-state index in [0.717, 1.165) is 33.5 Å². The van der Waals surface area contributed by atoms with Gasteiger partial charge in [-0.2, -0.15) is 0 Å². The molecule has 0 aliphatic rings. The Morgan fingerprint density at radius 2 is 2.00 bits per heavy atom. The average molecular weight is 217 g/mol. The summed E-state index contributed by atoms with van der Waals surface area (Å²) < 4.78 is 5.27. The Bertz CT molecular complexity index is 567. The maximum Gasteiger partial charge on any atom is 0.162 e. The largest absolute Gasteiger partial charge is 0.496 e. The highest BCUT2D eigenvalue weighted by Crippen LogP contribution is 2.29. The molecule has 1 heterocycles. The number of carbonyl (C=O) groups is 1. The molecule has 0 spiro atoms. The van der Waals surface area contributed by atoms with Crippen LogP contribution in [0.1, 0.15) is 28.5 Å². The molecule has 0 unspecified atom stereocenters. The maximum absolute atomic E-state index is 11.6. The molecule has 0 fully saturated rings. The number of methoxy groups -OCH3 is 1. The van der Waals surface area contributed by atoms with Crippen LogP contribution in [0, 0.1) is 13.8 Å². The number of Topliss-reactive ketones (excluding diaryl/α,β-unsaturated/α-hetero) is 1. The monoisotopic (exact) mass is 217 g/mol. The molecule has 0 saturated heterocycles. The van der Waals surface area contributed by atoms with Crippen molar-refractivity contribution in [3.8, 4) is 5.75 Å². The number of carbonyl (C=O) groups excluding carboxylic acids is 1. The van der Waals surface area contributed by atoms with Gasteiger partial charge in [-0.05, 0) is 38.5 Å². The zero-order valence-corrected chi connectivity index (χ0v) is 9.97. The summed E-state index contributed by atoms with van der Waals surface area (Å²) in [5.74, 6) is 0.892. The molecule has 0 amide bonds. The van der Waals surface area contributed by atoms with Crippen LogP contribution in [-0.2, 0) is 0 Å². The number of hydrogen-bond donors (Lipinski definition) is 1. The number of ketones is 1. The Labute approximate surface area is 94.4 Å². The number of nitrogens with one attached hydrogen (secondary N) is 1. The second-order valence-corrected chi connectivity index (χ2v) is 4.05. The lowest BCUT2D eigenvalue weighted by Gasteiger charge is -2.04. The molecule has 0 radical (unpaired) electrons. The molecule has 0 saturated carbocycles. The number of aromatic amines is 1. The summed E-state index contributed by atoms with van der Waals surface area (Å²) in [4.78, 5) is 14.8. The number of hydrogen-bond acceptors (Lipinski definition) is 2. The smallest absolute Gasteiger partial charge is 0.162 e. The van der Waals surface area contributed by atoms with Crippen molar-refractivity contribution in [1.29, 1.82) is 0 Å². The van der Waals surface area contributed by atoms with Crippen molar-refractivity contribution in [3.63, 3.8) is 0 Å². The van der Waals surface area contributed by atoms with Gasteiger partial charge in [0.15, 0.2) is 5.78 Å². The summed E-state index contributed by atoms with van der Waals surface area (Å²) in [6, 6.07) is 3.93. The van der Waals surface area contributed by atoms with E-state index in [0.29, 0.717) is 0 Å². The van der Waals surface area contributed by atoms with Crippen molar-refractivity contribution >= 4 is 16.7 Å². The van der Waals surface area contributed by atoms with Gasteiger partial charge in [0.25, 0.3) is 0 Å². The van der Waals surface area contributed by atoms with Gasteiger partial charge in [-0.25, -0.2) is 0 Å². The van der Waals surface area contributed by atoms with E-state index in [1.807, 2.05) is 26.0 Å². The van der Waals surface area contributed by atoms with Crippen LogP contribution >= 0.6 is 0 Å². The number of aryl methyl sites for hydroxylation is 2. The minimum Gasteiger partial charge on any atom is -0.496 e. The predicted octanol–water partition coefficient (Wildman–Crippen LogP) is 3.00. The summed E-state index contributed by atoms with van der Waals surface area (Å²) in [5.41, 5.74) is 3.72. The number of ether oxygens (including phenoxy) is 1. The lowest BCUT2D eigenvalue weighted by molar-refractivity contribution is 0.101. The molecule has 3 nitrogen and oxygen atoms in total. The fourth-order valence-corrected chi connectivity index (χ4v) is 2.14. The van der Waals surface area contributed by atoms with E-state index in [4.69, 9.17) is 4.74 Å². The van der Waals surface area contributed by atoms with Crippen LogP contribution in [0.5, 0.6) is 5.75 Å². The van der Waals surface area contributed by atoms with Gasteiger partial charge < -0.3 is 9.72 Å². The molecule has 0 atom stereocenters. The number of rotatable bonds is 2. The third-order valence-electron chi connectivity index (χ3n) is 2.85. The van der Waals surface area contributed by atoms with E-state index in [1.165, 1.54) is 0 Å². The second kappa shape index (κ2) is 3.67. The van der Waals surface area contributed by atoms with Gasteiger partial charge in [0.2, 0.25) is 0 Å². The Hall–Kier alpha value is -1.77. The lowest BCUT2D eigenvalue weighted by Crippen LogP contribution is -1.93. The fraction of sp³-hybridized carbons (Fsp3) is 0.308. The second-order valence-electron chi connectivity index (χ2n) is 4.05. The lowest BCUT2D eigenvalue weighted by atomic mass is 10.1. The highest BCUT2D eigenvalue weighted by atomic mass is 16.5. The summed E-state index contributed by atoms with van der Waals surface area (Å²) >= 11 is 0. The highest BCUT2D eigenvalue weighted by Gasteiger charge is 2.14. The normalized spacial score (nSPS) is 10.8. The Morgan fingerprint density at radius 3 is 2.56 bits per heavy atom. The van der Waals surface area contributed by atoms with Crippen LogP contribution in [0.3, 0.4) is 0 Å². The first kappa shape index (κ1) is 10.7. The zero-order valence-electron chi connectivity index (χ0n) is 9.97. The molecule has 3 heteroatoms. The Morgan fingerprint density at radius 1 is 1.31 bits per heavy atom. The van der Waals surface area contributed by atoms with E-state index in [9.17, 15) is 4.79 Å². The summed E-state index contributed by atoms with van der Waals surface area (Å²) in [6.07, 6.45) is 0. The van der Waals surface area contributed by atoms with Crippen molar-refractivity contribution in [3.05, 3.63) is 29.0 Å². The van der Waals surface area contributed by atoms with E-state index < -0.39 is 0 Å². The van der Waals surface area contributed by atoms with Crippen molar-refractivity contribution in [1.82, 2.24) is 4.98 Å². The van der Waals surface area contributed by atoms with Gasteiger partial charge in [0.05, 0.1) is 7.11 Å². The van der Waals surface area contributed by atoms with Crippen molar-refractivity contribution in [2.75, 3.05) is 7.11 Å². The SMILES string of the molecule is COc1cc2c(C(C)=O)c(C)[nH]c2cc1C. The number of aromatic nitrogens is 1. The molecule has 2 rings (SSSR count). The molecule has 0 bridgehead atoms. The Balaban J connectivity index is 2.82. The van der Waals surface area contributed by atoms with Gasteiger partial charge >= 0.3 is 0 Å². The molecule has 1 aromatic heterocycles. The van der Waals surface area contributed by atoms with Crippen molar-refractivity contribution in [2.45, 2.75) is 20.8 Å². The summed E-state index contributed by atoms with van der Waals surface area (Å²) in [7, 11) is 1.64. The Kier molecular flexibility index (Phi) is 2.46. The van der Waals surface area contributed by atoms with E-state index in [-0.39, 0.29) is 5.78 Å². The molecular weight excluding hydrogens is 202 g/mol. The fourth-order valence-electron chi connectivity index (χ4n) is 2.14. The van der Waals surface area contributed by atoms with Gasteiger partial charge in [0.1, 0.15) is 5.75 Å². The first-order valence-corrected chi connectivity index (χ1v) is 5.22. The molecule has 1 N–H and O–H groups in total. The molecular formula is C13H15NO2. The topological polar surface area (TPSA) is 42.1 Å².